The highest BCUT2D eigenvalue weighted by Gasteiger charge is 2.27. The number of aromatic nitrogens is 1. The van der Waals surface area contributed by atoms with Gasteiger partial charge in [0.05, 0.1) is 22.3 Å². The number of hydrogen-bond donors (Lipinski definition) is 3. The first-order valence-electron chi connectivity index (χ1n) is 7.76. The van der Waals surface area contributed by atoms with Gasteiger partial charge in [-0.25, -0.2) is 14.6 Å². The number of nitrogens with zero attached hydrogens (tertiary/aromatic N) is 1. The Morgan fingerprint density at radius 2 is 1.88 bits per heavy atom. The summed E-state index contributed by atoms with van der Waals surface area (Å²) in [5.74, 6) is -2.39. The van der Waals surface area contributed by atoms with Gasteiger partial charge in [0, 0.05) is 17.5 Å². The highest BCUT2D eigenvalue weighted by molar-refractivity contribution is 7.07. The van der Waals surface area contributed by atoms with E-state index in [1.165, 1.54) is 11.3 Å². The summed E-state index contributed by atoms with van der Waals surface area (Å²) in [6.07, 6.45) is 0. The number of thiazole rings is 1. The minimum Gasteiger partial charge on any atom is -0.478 e. The molecule has 2 aromatic carbocycles. The van der Waals surface area contributed by atoms with Gasteiger partial charge in [-0.05, 0) is 41.3 Å². The molecule has 3 aromatic rings. The largest absolute Gasteiger partial charge is 0.478 e. The van der Waals surface area contributed by atoms with Crippen molar-refractivity contribution in [1.29, 1.82) is 0 Å². The molecule has 0 saturated carbocycles. The number of benzene rings is 2. The first-order valence-corrected chi connectivity index (χ1v) is 8.70. The predicted octanol–water partition coefficient (Wildman–Crippen LogP) is 3.64. The van der Waals surface area contributed by atoms with Crippen LogP contribution in [0.15, 0.2) is 41.2 Å². The zero-order chi connectivity index (χ0) is 18.8. The standard InChI is InChI=1S/C19H16N2O4S/c1-10-5-13(12-4-2-3-11(6-12)7-20)16(19(24)25)17(15(10)18(22)23)14-8-26-9-21-14/h2-6,8-9H,7,20H2,1H3,(H,22,23)(H,24,25). The van der Waals surface area contributed by atoms with Crippen LogP contribution < -0.4 is 5.73 Å². The zero-order valence-corrected chi connectivity index (χ0v) is 14.7. The van der Waals surface area contributed by atoms with E-state index in [0.29, 0.717) is 28.9 Å². The van der Waals surface area contributed by atoms with E-state index in [0.717, 1.165) is 5.56 Å². The van der Waals surface area contributed by atoms with Crippen LogP contribution in [0.2, 0.25) is 0 Å². The quantitative estimate of drug-likeness (QED) is 0.633. The van der Waals surface area contributed by atoms with Crippen molar-refractivity contribution in [2.75, 3.05) is 0 Å². The van der Waals surface area contributed by atoms with Crippen LogP contribution in [0.4, 0.5) is 0 Å². The summed E-state index contributed by atoms with van der Waals surface area (Å²) in [6.45, 7) is 1.97. The van der Waals surface area contributed by atoms with Crippen LogP contribution in [0.3, 0.4) is 0 Å². The predicted molar refractivity (Wildman–Crippen MR) is 99.5 cm³/mol. The van der Waals surface area contributed by atoms with Crippen LogP contribution in [-0.4, -0.2) is 27.1 Å². The van der Waals surface area contributed by atoms with Crippen LogP contribution in [-0.2, 0) is 6.54 Å². The molecule has 1 heterocycles. The molecule has 0 spiro atoms. The molecule has 4 N–H and O–H groups in total. The van der Waals surface area contributed by atoms with Crippen molar-refractivity contribution in [1.82, 2.24) is 4.98 Å². The lowest BCUT2D eigenvalue weighted by Gasteiger charge is -2.16. The molecule has 0 bridgehead atoms. The van der Waals surface area contributed by atoms with Crippen molar-refractivity contribution in [3.8, 4) is 22.4 Å². The van der Waals surface area contributed by atoms with Gasteiger partial charge in [-0.1, -0.05) is 18.2 Å². The molecule has 0 aliphatic carbocycles. The summed E-state index contributed by atoms with van der Waals surface area (Å²) in [5, 5.41) is 21.2. The Morgan fingerprint density at radius 3 is 2.46 bits per heavy atom. The molecule has 132 valence electrons. The third-order valence-electron chi connectivity index (χ3n) is 4.11. The molecule has 0 unspecified atom stereocenters. The summed E-state index contributed by atoms with van der Waals surface area (Å²) in [6, 6.07) is 8.84. The lowest BCUT2D eigenvalue weighted by atomic mass is 9.87. The first kappa shape index (κ1) is 17.8. The van der Waals surface area contributed by atoms with E-state index in [1.807, 2.05) is 12.1 Å². The molecule has 3 rings (SSSR count). The highest BCUT2D eigenvalue weighted by atomic mass is 32.1. The highest BCUT2D eigenvalue weighted by Crippen LogP contribution is 2.37. The Hall–Kier alpha value is -3.03. The maximum atomic E-state index is 12.1. The lowest BCUT2D eigenvalue weighted by molar-refractivity contribution is 0.0695. The molecule has 0 saturated heterocycles. The number of carboxylic acids is 2. The Bertz CT molecular complexity index is 997. The van der Waals surface area contributed by atoms with Gasteiger partial charge in [-0.15, -0.1) is 11.3 Å². The van der Waals surface area contributed by atoms with Crippen LogP contribution in [0.1, 0.15) is 31.8 Å². The fourth-order valence-electron chi connectivity index (χ4n) is 3.00. The second-order valence-corrected chi connectivity index (χ2v) is 6.47. The van der Waals surface area contributed by atoms with E-state index in [4.69, 9.17) is 5.73 Å². The van der Waals surface area contributed by atoms with E-state index < -0.39 is 11.9 Å². The summed E-state index contributed by atoms with van der Waals surface area (Å²) >= 11 is 1.28. The number of aryl methyl sites for hydroxylation is 1. The van der Waals surface area contributed by atoms with E-state index in [1.54, 1.807) is 36.0 Å². The Labute approximate surface area is 153 Å². The van der Waals surface area contributed by atoms with E-state index in [9.17, 15) is 19.8 Å². The average Bonchev–Trinajstić information content (AvgIpc) is 3.14. The van der Waals surface area contributed by atoms with Crippen molar-refractivity contribution in [3.63, 3.8) is 0 Å². The minimum atomic E-state index is -1.20. The lowest BCUT2D eigenvalue weighted by Crippen LogP contribution is -2.11. The van der Waals surface area contributed by atoms with Crippen LogP contribution in [0.25, 0.3) is 22.4 Å². The van der Waals surface area contributed by atoms with Crippen molar-refractivity contribution in [3.05, 3.63) is 63.5 Å². The summed E-state index contributed by atoms with van der Waals surface area (Å²) < 4.78 is 0. The Morgan fingerprint density at radius 1 is 1.15 bits per heavy atom. The Kier molecular flexibility index (Phi) is 4.83. The van der Waals surface area contributed by atoms with Gasteiger partial charge in [0.2, 0.25) is 0 Å². The molecule has 0 fully saturated rings. The van der Waals surface area contributed by atoms with Crippen molar-refractivity contribution < 1.29 is 19.8 Å². The van der Waals surface area contributed by atoms with Crippen molar-refractivity contribution >= 4 is 23.3 Å². The molecule has 0 atom stereocenters. The molecule has 6 nitrogen and oxygen atoms in total. The molecule has 26 heavy (non-hydrogen) atoms. The van der Waals surface area contributed by atoms with Gasteiger partial charge >= 0.3 is 11.9 Å². The second kappa shape index (κ2) is 7.07. The van der Waals surface area contributed by atoms with E-state index >= 15 is 0 Å². The molecular formula is C19H16N2O4S. The molecule has 0 amide bonds. The molecule has 1 aromatic heterocycles. The maximum Gasteiger partial charge on any atom is 0.337 e. The van der Waals surface area contributed by atoms with E-state index in [-0.39, 0.29) is 16.7 Å². The second-order valence-electron chi connectivity index (χ2n) is 5.75. The first-order chi connectivity index (χ1) is 12.4. The SMILES string of the molecule is Cc1cc(-c2cccc(CN)c2)c(C(=O)O)c(-c2cscn2)c1C(=O)O. The molecule has 0 radical (unpaired) electrons. The summed E-state index contributed by atoms with van der Waals surface area (Å²) in [5.41, 5.74) is 10.0. The van der Waals surface area contributed by atoms with Crippen molar-refractivity contribution in [2.45, 2.75) is 13.5 Å². The van der Waals surface area contributed by atoms with Gasteiger partial charge in [-0.3, -0.25) is 0 Å². The van der Waals surface area contributed by atoms with Gasteiger partial charge in [-0.2, -0.15) is 0 Å². The molecule has 7 heteroatoms. The Balaban J connectivity index is 2.43. The minimum absolute atomic E-state index is 0.0490. The summed E-state index contributed by atoms with van der Waals surface area (Å²) in [7, 11) is 0. The third kappa shape index (κ3) is 3.10. The third-order valence-corrected chi connectivity index (χ3v) is 4.70. The van der Waals surface area contributed by atoms with Gasteiger partial charge in [0.25, 0.3) is 0 Å². The number of carboxylic acid groups (broad SMARTS) is 2. The van der Waals surface area contributed by atoms with Crippen LogP contribution in [0, 0.1) is 6.92 Å². The normalized spacial score (nSPS) is 10.7. The smallest absolute Gasteiger partial charge is 0.337 e. The van der Waals surface area contributed by atoms with Crippen LogP contribution in [0.5, 0.6) is 0 Å². The fraction of sp³-hybridized carbons (Fsp3) is 0.105. The van der Waals surface area contributed by atoms with Gasteiger partial charge in [0.1, 0.15) is 0 Å². The van der Waals surface area contributed by atoms with Crippen molar-refractivity contribution in [2.24, 2.45) is 5.73 Å². The number of aromatic carboxylic acids is 2. The number of carbonyl (C=O) groups is 2. The topological polar surface area (TPSA) is 114 Å². The van der Waals surface area contributed by atoms with E-state index in [2.05, 4.69) is 4.98 Å². The number of rotatable bonds is 5. The molecular weight excluding hydrogens is 352 g/mol. The summed E-state index contributed by atoms with van der Waals surface area (Å²) in [4.78, 5) is 28.1. The number of hydrogen-bond acceptors (Lipinski definition) is 5. The monoisotopic (exact) mass is 368 g/mol. The number of nitrogens with two attached hydrogens (primary N) is 1. The zero-order valence-electron chi connectivity index (χ0n) is 13.9. The van der Waals surface area contributed by atoms with Gasteiger partial charge < -0.3 is 15.9 Å². The average molecular weight is 368 g/mol. The maximum absolute atomic E-state index is 12.1. The van der Waals surface area contributed by atoms with Gasteiger partial charge in [0.15, 0.2) is 0 Å². The van der Waals surface area contributed by atoms with Crippen LogP contribution >= 0.6 is 11.3 Å². The molecule has 0 aliphatic heterocycles. The molecule has 0 aliphatic rings. The fourth-order valence-corrected chi connectivity index (χ4v) is 3.54.